The van der Waals surface area contributed by atoms with E-state index in [9.17, 15) is 20.0 Å². The molecule has 0 aliphatic rings. The Labute approximate surface area is 116 Å². The van der Waals surface area contributed by atoms with Crippen LogP contribution in [0.15, 0.2) is 30.3 Å². The lowest BCUT2D eigenvalue weighted by atomic mass is 10.1. The SMILES string of the molecule is CC.CC(=O)Nc1cccc2cc([N+](=O)[O-])cc(O)c12. The van der Waals surface area contributed by atoms with E-state index in [2.05, 4.69) is 5.32 Å². The minimum absolute atomic E-state index is 0.194. The molecule has 6 heteroatoms. The molecule has 0 aromatic heterocycles. The van der Waals surface area contributed by atoms with Gasteiger partial charge < -0.3 is 10.4 Å². The summed E-state index contributed by atoms with van der Waals surface area (Å²) in [6.45, 7) is 5.35. The van der Waals surface area contributed by atoms with Gasteiger partial charge >= 0.3 is 0 Å². The summed E-state index contributed by atoms with van der Waals surface area (Å²) in [4.78, 5) is 21.1. The van der Waals surface area contributed by atoms with Crippen molar-refractivity contribution in [2.75, 3.05) is 5.32 Å². The van der Waals surface area contributed by atoms with Crippen LogP contribution in [0.4, 0.5) is 11.4 Å². The molecule has 6 nitrogen and oxygen atoms in total. The van der Waals surface area contributed by atoms with Crippen molar-refractivity contribution in [1.29, 1.82) is 0 Å². The molecule has 0 bridgehead atoms. The Morgan fingerprint density at radius 3 is 2.50 bits per heavy atom. The second-order valence-electron chi connectivity index (χ2n) is 3.81. The number of rotatable bonds is 2. The number of nitrogens with one attached hydrogen (secondary N) is 1. The second-order valence-corrected chi connectivity index (χ2v) is 3.81. The number of phenolic OH excluding ortho intramolecular Hbond substituents is 1. The number of anilines is 1. The van der Waals surface area contributed by atoms with Crippen LogP contribution in [-0.2, 0) is 4.79 Å². The molecule has 0 saturated carbocycles. The van der Waals surface area contributed by atoms with Crippen LogP contribution in [-0.4, -0.2) is 15.9 Å². The van der Waals surface area contributed by atoms with Crippen LogP contribution in [0.3, 0.4) is 0 Å². The molecule has 0 radical (unpaired) electrons. The predicted octanol–water partition coefficient (Wildman–Crippen LogP) is 3.44. The fourth-order valence-electron chi connectivity index (χ4n) is 1.79. The average molecular weight is 276 g/mol. The van der Waals surface area contributed by atoms with Crippen molar-refractivity contribution in [2.45, 2.75) is 20.8 Å². The van der Waals surface area contributed by atoms with Crippen LogP contribution in [0.2, 0.25) is 0 Å². The van der Waals surface area contributed by atoms with Crippen LogP contribution in [0.1, 0.15) is 20.8 Å². The molecule has 2 aromatic carbocycles. The van der Waals surface area contributed by atoms with Crippen LogP contribution < -0.4 is 5.32 Å². The highest BCUT2D eigenvalue weighted by Crippen LogP contribution is 2.35. The number of nitro groups is 1. The number of hydrogen-bond donors (Lipinski definition) is 2. The third-order valence-electron chi connectivity index (χ3n) is 2.46. The smallest absolute Gasteiger partial charge is 0.273 e. The minimum atomic E-state index is -0.579. The number of phenols is 1. The molecular weight excluding hydrogens is 260 g/mol. The van der Waals surface area contributed by atoms with Gasteiger partial charge in [-0.3, -0.25) is 14.9 Å². The Morgan fingerprint density at radius 1 is 1.30 bits per heavy atom. The number of carbonyl (C=O) groups is 1. The van der Waals surface area contributed by atoms with Gasteiger partial charge in [-0.25, -0.2) is 0 Å². The predicted molar refractivity (Wildman–Crippen MR) is 77.9 cm³/mol. The van der Waals surface area contributed by atoms with Gasteiger partial charge in [-0.2, -0.15) is 0 Å². The first-order chi connectivity index (χ1) is 9.49. The molecule has 0 unspecified atom stereocenters. The maximum absolute atomic E-state index is 11.0. The summed E-state index contributed by atoms with van der Waals surface area (Å²) in [5, 5.41) is 24.0. The van der Waals surface area contributed by atoms with E-state index >= 15 is 0 Å². The van der Waals surface area contributed by atoms with E-state index in [4.69, 9.17) is 0 Å². The Balaban J connectivity index is 0.000000956. The lowest BCUT2D eigenvalue weighted by molar-refractivity contribution is -0.384. The molecule has 20 heavy (non-hydrogen) atoms. The number of aromatic hydroxyl groups is 1. The number of non-ortho nitro benzene ring substituents is 1. The number of hydrogen-bond acceptors (Lipinski definition) is 4. The first-order valence-electron chi connectivity index (χ1n) is 6.17. The minimum Gasteiger partial charge on any atom is -0.507 e. The highest BCUT2D eigenvalue weighted by atomic mass is 16.6. The van der Waals surface area contributed by atoms with Gasteiger partial charge in [0, 0.05) is 18.4 Å². The quantitative estimate of drug-likeness (QED) is 0.649. The first kappa shape index (κ1) is 15.4. The van der Waals surface area contributed by atoms with Crippen LogP contribution in [0, 0.1) is 10.1 Å². The molecule has 0 aliphatic carbocycles. The maximum Gasteiger partial charge on any atom is 0.273 e. The van der Waals surface area contributed by atoms with Crippen molar-refractivity contribution >= 4 is 28.1 Å². The average Bonchev–Trinajstić information content (AvgIpc) is 2.40. The van der Waals surface area contributed by atoms with Crippen LogP contribution in [0.5, 0.6) is 5.75 Å². The van der Waals surface area contributed by atoms with E-state index < -0.39 is 4.92 Å². The molecule has 1 amide bonds. The van der Waals surface area contributed by atoms with Gasteiger partial charge in [0.2, 0.25) is 5.91 Å². The lowest BCUT2D eigenvalue weighted by Crippen LogP contribution is -2.06. The summed E-state index contributed by atoms with van der Waals surface area (Å²) >= 11 is 0. The molecule has 2 N–H and O–H groups in total. The summed E-state index contributed by atoms with van der Waals surface area (Å²) in [6, 6.07) is 7.31. The van der Waals surface area contributed by atoms with Gasteiger partial charge in [-0.15, -0.1) is 0 Å². The molecule has 0 fully saturated rings. The van der Waals surface area contributed by atoms with Crippen molar-refractivity contribution in [2.24, 2.45) is 0 Å². The molecule has 0 saturated heterocycles. The number of carbonyl (C=O) groups excluding carboxylic acids is 1. The zero-order chi connectivity index (χ0) is 15.3. The summed E-state index contributed by atoms with van der Waals surface area (Å²) in [5.74, 6) is -0.510. The summed E-state index contributed by atoms with van der Waals surface area (Å²) in [6.07, 6.45) is 0. The highest BCUT2D eigenvalue weighted by Gasteiger charge is 2.13. The van der Waals surface area contributed by atoms with Crippen molar-refractivity contribution in [3.63, 3.8) is 0 Å². The van der Waals surface area contributed by atoms with Crippen molar-refractivity contribution < 1.29 is 14.8 Å². The summed E-state index contributed by atoms with van der Waals surface area (Å²) in [7, 11) is 0. The number of nitro benzene ring substituents is 1. The normalized spacial score (nSPS) is 9.55. The summed E-state index contributed by atoms with van der Waals surface area (Å²) in [5.41, 5.74) is 0.229. The Bertz CT molecular complexity index is 653. The van der Waals surface area contributed by atoms with Gasteiger partial charge in [0.15, 0.2) is 0 Å². The fraction of sp³-hybridized carbons (Fsp3) is 0.214. The van der Waals surface area contributed by atoms with E-state index in [0.29, 0.717) is 16.5 Å². The molecule has 2 rings (SSSR count). The van der Waals surface area contributed by atoms with Crippen molar-refractivity contribution in [3.8, 4) is 5.75 Å². The standard InChI is InChI=1S/C12H10N2O4.C2H6/c1-7(15)13-10-4-2-3-8-5-9(14(17)18)6-11(16)12(8)10;1-2/h2-6,16H,1H3,(H,13,15);1-2H3. The topological polar surface area (TPSA) is 92.5 Å². The highest BCUT2D eigenvalue weighted by molar-refractivity contribution is 6.05. The monoisotopic (exact) mass is 276 g/mol. The molecule has 2 aromatic rings. The number of nitrogens with zero attached hydrogens (tertiary/aromatic N) is 1. The van der Waals surface area contributed by atoms with Gasteiger partial charge in [-0.05, 0) is 11.5 Å². The Hall–Kier alpha value is -2.63. The fourth-order valence-corrected chi connectivity index (χ4v) is 1.79. The zero-order valence-electron chi connectivity index (χ0n) is 11.5. The molecule has 0 spiro atoms. The molecule has 0 heterocycles. The molecule has 106 valence electrons. The van der Waals surface area contributed by atoms with Gasteiger partial charge in [-0.1, -0.05) is 26.0 Å². The first-order valence-corrected chi connectivity index (χ1v) is 6.17. The van der Waals surface area contributed by atoms with E-state index in [1.807, 2.05) is 13.8 Å². The van der Waals surface area contributed by atoms with Crippen molar-refractivity contribution in [3.05, 3.63) is 40.4 Å². The number of fused-ring (bicyclic) bond motifs is 1. The van der Waals surface area contributed by atoms with Crippen LogP contribution in [0.25, 0.3) is 10.8 Å². The van der Waals surface area contributed by atoms with Crippen molar-refractivity contribution in [1.82, 2.24) is 0 Å². The third-order valence-corrected chi connectivity index (χ3v) is 2.46. The second kappa shape index (κ2) is 6.51. The van der Waals surface area contributed by atoms with Gasteiger partial charge in [0.25, 0.3) is 5.69 Å². The maximum atomic E-state index is 11.0. The van der Waals surface area contributed by atoms with E-state index in [-0.39, 0.29) is 17.3 Å². The molecular formula is C14H16N2O4. The van der Waals surface area contributed by atoms with Gasteiger partial charge in [0.1, 0.15) is 5.75 Å². The molecule has 0 aliphatic heterocycles. The van der Waals surface area contributed by atoms with E-state index in [0.717, 1.165) is 6.07 Å². The largest absolute Gasteiger partial charge is 0.507 e. The number of amides is 1. The number of benzene rings is 2. The summed E-state index contributed by atoms with van der Waals surface area (Å²) < 4.78 is 0. The molecule has 0 atom stereocenters. The Kier molecular flexibility index (Phi) is 5.02. The van der Waals surface area contributed by atoms with Gasteiger partial charge in [0.05, 0.1) is 16.7 Å². The van der Waals surface area contributed by atoms with Crippen LogP contribution >= 0.6 is 0 Å². The lowest BCUT2D eigenvalue weighted by Gasteiger charge is -2.08. The van der Waals surface area contributed by atoms with E-state index in [1.165, 1.54) is 13.0 Å². The Morgan fingerprint density at radius 2 is 1.95 bits per heavy atom. The third kappa shape index (κ3) is 3.23. The van der Waals surface area contributed by atoms with E-state index in [1.54, 1.807) is 18.2 Å². The zero-order valence-corrected chi connectivity index (χ0v) is 11.5.